The molecule has 2 heterocycles. The molecule has 7 heteroatoms. The van der Waals surface area contributed by atoms with Gasteiger partial charge in [0.25, 0.3) is 5.91 Å². The highest BCUT2D eigenvalue weighted by Gasteiger charge is 2.18. The van der Waals surface area contributed by atoms with Crippen LogP contribution in [0.3, 0.4) is 0 Å². The van der Waals surface area contributed by atoms with Crippen molar-refractivity contribution in [1.29, 1.82) is 0 Å². The first-order valence-corrected chi connectivity index (χ1v) is 5.59. The zero-order chi connectivity index (χ0) is 13.8. The summed E-state index contributed by atoms with van der Waals surface area (Å²) in [7, 11) is 1.41. The average molecular weight is 263 g/mol. The molecule has 0 aliphatic carbocycles. The van der Waals surface area contributed by atoms with Crippen LogP contribution in [0.2, 0.25) is 0 Å². The number of aliphatic carboxylic acids is 1. The molecule has 2 rings (SSSR count). The van der Waals surface area contributed by atoms with Crippen LogP contribution in [-0.2, 0) is 11.3 Å². The molecule has 19 heavy (non-hydrogen) atoms. The van der Waals surface area contributed by atoms with Crippen molar-refractivity contribution in [3.8, 4) is 0 Å². The summed E-state index contributed by atoms with van der Waals surface area (Å²) in [5.74, 6) is -0.838. The second-order valence-electron chi connectivity index (χ2n) is 4.02. The van der Waals surface area contributed by atoms with Crippen molar-refractivity contribution in [2.75, 3.05) is 13.6 Å². The van der Waals surface area contributed by atoms with Crippen LogP contribution >= 0.6 is 0 Å². The lowest BCUT2D eigenvalue weighted by Gasteiger charge is -2.12. The summed E-state index contributed by atoms with van der Waals surface area (Å²) >= 11 is 0. The molecule has 2 aromatic rings. The van der Waals surface area contributed by atoms with Crippen LogP contribution in [0, 0.1) is 0 Å². The first-order valence-electron chi connectivity index (χ1n) is 5.59. The van der Waals surface area contributed by atoms with Gasteiger partial charge in [-0.25, -0.2) is 0 Å². The summed E-state index contributed by atoms with van der Waals surface area (Å²) in [6.45, 7) is 0.0525. The van der Waals surface area contributed by atoms with Crippen molar-refractivity contribution in [1.82, 2.24) is 14.7 Å². The Labute approximate surface area is 109 Å². The quantitative estimate of drug-likeness (QED) is 0.857. The van der Waals surface area contributed by atoms with Crippen molar-refractivity contribution in [3.63, 3.8) is 0 Å². The second-order valence-corrected chi connectivity index (χ2v) is 4.02. The summed E-state index contributed by atoms with van der Waals surface area (Å²) in [5.41, 5.74) is 0. The topological polar surface area (TPSA) is 88.6 Å². The van der Waals surface area contributed by atoms with Gasteiger partial charge in [-0.15, -0.1) is 0 Å². The number of carbonyl (C=O) groups excluding carboxylic acids is 1. The number of furan rings is 1. The minimum Gasteiger partial charge on any atom is -0.480 e. The van der Waals surface area contributed by atoms with Gasteiger partial charge in [0.2, 0.25) is 0 Å². The van der Waals surface area contributed by atoms with Gasteiger partial charge in [0.15, 0.2) is 5.76 Å². The Kier molecular flexibility index (Phi) is 3.65. The standard InChI is InChI=1S/C12H13N3O4/c1-14(8-11(16)17)12(18)10-4-3-9(19-10)7-15-6-2-5-13-15/h2-6H,7-8H2,1H3,(H,16,17). The molecule has 2 aromatic heterocycles. The van der Waals surface area contributed by atoms with Crippen molar-refractivity contribution in [3.05, 3.63) is 42.1 Å². The summed E-state index contributed by atoms with van der Waals surface area (Å²) in [4.78, 5) is 23.5. The number of likely N-dealkylation sites (N-methyl/N-ethyl adjacent to an activating group) is 1. The lowest BCUT2D eigenvalue weighted by Crippen LogP contribution is -2.31. The number of carboxylic acid groups (broad SMARTS) is 1. The highest BCUT2D eigenvalue weighted by atomic mass is 16.4. The summed E-state index contributed by atoms with van der Waals surface area (Å²) in [6, 6.07) is 4.98. The summed E-state index contributed by atoms with van der Waals surface area (Å²) in [5, 5.41) is 12.6. The van der Waals surface area contributed by atoms with Crippen molar-refractivity contribution >= 4 is 11.9 Å². The smallest absolute Gasteiger partial charge is 0.323 e. The molecule has 0 bridgehead atoms. The molecule has 0 aliphatic rings. The molecule has 0 unspecified atom stereocenters. The third kappa shape index (κ3) is 3.21. The maximum absolute atomic E-state index is 11.8. The molecule has 1 N–H and O–H groups in total. The number of carboxylic acids is 1. The minimum absolute atomic E-state index is 0.117. The Hall–Kier alpha value is -2.57. The fourth-order valence-corrected chi connectivity index (χ4v) is 1.59. The van der Waals surface area contributed by atoms with Gasteiger partial charge in [-0.3, -0.25) is 14.3 Å². The van der Waals surface area contributed by atoms with E-state index in [4.69, 9.17) is 9.52 Å². The van der Waals surface area contributed by atoms with Crippen LogP contribution in [-0.4, -0.2) is 45.3 Å². The lowest BCUT2D eigenvalue weighted by atomic mass is 10.4. The van der Waals surface area contributed by atoms with E-state index < -0.39 is 11.9 Å². The minimum atomic E-state index is -1.07. The molecule has 1 amide bonds. The van der Waals surface area contributed by atoms with E-state index in [2.05, 4.69) is 5.10 Å². The molecule has 0 aliphatic heterocycles. The highest BCUT2D eigenvalue weighted by Crippen LogP contribution is 2.11. The van der Waals surface area contributed by atoms with E-state index in [-0.39, 0.29) is 12.3 Å². The first kappa shape index (κ1) is 12.9. The van der Waals surface area contributed by atoms with E-state index in [0.717, 1.165) is 4.90 Å². The fraction of sp³-hybridized carbons (Fsp3) is 0.250. The van der Waals surface area contributed by atoms with Crippen LogP contribution < -0.4 is 0 Å². The number of carbonyl (C=O) groups is 2. The molecular formula is C12H13N3O4. The normalized spacial score (nSPS) is 10.4. The van der Waals surface area contributed by atoms with Gasteiger partial charge in [-0.2, -0.15) is 5.10 Å². The largest absolute Gasteiger partial charge is 0.480 e. The molecule has 0 spiro atoms. The SMILES string of the molecule is CN(CC(=O)O)C(=O)c1ccc(Cn2cccn2)o1. The van der Waals surface area contributed by atoms with Gasteiger partial charge in [-0.1, -0.05) is 0 Å². The van der Waals surface area contributed by atoms with Crippen molar-refractivity contribution < 1.29 is 19.1 Å². The maximum Gasteiger partial charge on any atom is 0.323 e. The molecule has 100 valence electrons. The number of nitrogens with zero attached hydrogens (tertiary/aromatic N) is 3. The Balaban J connectivity index is 2.04. The van der Waals surface area contributed by atoms with Crippen LogP contribution in [0.25, 0.3) is 0 Å². The van der Waals surface area contributed by atoms with Gasteiger partial charge < -0.3 is 14.4 Å². The van der Waals surface area contributed by atoms with Gasteiger partial charge in [0.1, 0.15) is 12.3 Å². The van der Waals surface area contributed by atoms with Crippen LogP contribution in [0.1, 0.15) is 16.3 Å². The van der Waals surface area contributed by atoms with E-state index in [1.54, 1.807) is 29.2 Å². The van der Waals surface area contributed by atoms with Crippen molar-refractivity contribution in [2.24, 2.45) is 0 Å². The van der Waals surface area contributed by atoms with Gasteiger partial charge in [-0.05, 0) is 18.2 Å². The van der Waals surface area contributed by atoms with Gasteiger partial charge in [0, 0.05) is 19.4 Å². The van der Waals surface area contributed by atoms with E-state index in [9.17, 15) is 9.59 Å². The molecular weight excluding hydrogens is 250 g/mol. The molecule has 0 radical (unpaired) electrons. The molecule has 7 nitrogen and oxygen atoms in total. The molecule has 0 atom stereocenters. The summed E-state index contributed by atoms with van der Waals surface area (Å²) < 4.78 is 7.04. The monoisotopic (exact) mass is 263 g/mol. The third-order valence-corrected chi connectivity index (χ3v) is 2.47. The molecule has 0 aromatic carbocycles. The van der Waals surface area contributed by atoms with Crippen molar-refractivity contribution in [2.45, 2.75) is 6.54 Å². The maximum atomic E-state index is 11.8. The molecule has 0 saturated carbocycles. The third-order valence-electron chi connectivity index (χ3n) is 2.47. The Morgan fingerprint density at radius 2 is 2.26 bits per heavy atom. The Bertz CT molecular complexity index is 574. The van der Waals surface area contributed by atoms with E-state index in [1.165, 1.54) is 13.1 Å². The second kappa shape index (κ2) is 5.38. The number of aromatic nitrogens is 2. The van der Waals surface area contributed by atoms with Crippen LogP contribution in [0.15, 0.2) is 35.0 Å². The van der Waals surface area contributed by atoms with E-state index in [1.807, 2.05) is 0 Å². The number of amides is 1. The predicted molar refractivity (Wildman–Crippen MR) is 64.6 cm³/mol. The number of hydrogen-bond donors (Lipinski definition) is 1. The Morgan fingerprint density at radius 1 is 1.47 bits per heavy atom. The van der Waals surface area contributed by atoms with Gasteiger partial charge >= 0.3 is 5.97 Å². The zero-order valence-electron chi connectivity index (χ0n) is 10.3. The molecule has 0 saturated heterocycles. The first-order chi connectivity index (χ1) is 9.06. The summed E-state index contributed by atoms with van der Waals surface area (Å²) in [6.07, 6.45) is 3.43. The lowest BCUT2D eigenvalue weighted by molar-refractivity contribution is -0.137. The molecule has 0 fully saturated rings. The zero-order valence-corrected chi connectivity index (χ0v) is 10.3. The fourth-order valence-electron chi connectivity index (χ4n) is 1.59. The average Bonchev–Trinajstić information content (AvgIpc) is 2.99. The van der Waals surface area contributed by atoms with Crippen LogP contribution in [0.4, 0.5) is 0 Å². The van der Waals surface area contributed by atoms with Crippen LogP contribution in [0.5, 0.6) is 0 Å². The Morgan fingerprint density at radius 3 is 2.89 bits per heavy atom. The highest BCUT2D eigenvalue weighted by molar-refractivity contribution is 5.93. The number of hydrogen-bond acceptors (Lipinski definition) is 4. The van der Waals surface area contributed by atoms with Gasteiger partial charge in [0.05, 0.1) is 6.54 Å². The predicted octanol–water partition coefficient (Wildman–Crippen LogP) is 0.681. The van der Waals surface area contributed by atoms with E-state index in [0.29, 0.717) is 12.3 Å². The number of rotatable bonds is 5. The van der Waals surface area contributed by atoms with E-state index >= 15 is 0 Å².